The fourth-order valence-electron chi connectivity index (χ4n) is 1.89. The maximum Gasteiger partial charge on any atom is 0.0252 e. The van der Waals surface area contributed by atoms with Crippen LogP contribution in [-0.2, 0) is 0 Å². The van der Waals surface area contributed by atoms with E-state index in [-0.39, 0.29) is 0 Å². The van der Waals surface area contributed by atoms with Crippen LogP contribution in [-0.4, -0.2) is 12.1 Å². The summed E-state index contributed by atoms with van der Waals surface area (Å²) in [7, 11) is 0. The topological polar surface area (TPSA) is 12.0 Å². The highest BCUT2D eigenvalue weighted by atomic mass is 14.9. The predicted molar refractivity (Wildman–Crippen MR) is 63.4 cm³/mol. The van der Waals surface area contributed by atoms with Gasteiger partial charge in [-0.2, -0.15) is 0 Å². The third-order valence-electron chi connectivity index (χ3n) is 3.47. The molecule has 0 spiro atoms. The van der Waals surface area contributed by atoms with E-state index in [0.717, 1.165) is 11.8 Å². The SMILES string of the molecule is CCC1C=CC(NC(C)C(C)C)CC1. The molecule has 0 saturated carbocycles. The zero-order valence-corrected chi connectivity index (χ0v) is 10.1. The van der Waals surface area contributed by atoms with Gasteiger partial charge in [-0.3, -0.25) is 0 Å². The summed E-state index contributed by atoms with van der Waals surface area (Å²) in [6.07, 6.45) is 8.73. The van der Waals surface area contributed by atoms with Crippen molar-refractivity contribution in [3.63, 3.8) is 0 Å². The molecular weight excluding hydrogens is 170 g/mol. The molecule has 14 heavy (non-hydrogen) atoms. The lowest BCUT2D eigenvalue weighted by Crippen LogP contribution is -2.39. The normalized spacial score (nSPS) is 29.5. The first-order valence-corrected chi connectivity index (χ1v) is 6.07. The summed E-state index contributed by atoms with van der Waals surface area (Å²) < 4.78 is 0. The van der Waals surface area contributed by atoms with E-state index in [4.69, 9.17) is 0 Å². The summed E-state index contributed by atoms with van der Waals surface area (Å²) in [6.45, 7) is 9.11. The van der Waals surface area contributed by atoms with E-state index in [2.05, 4.69) is 45.2 Å². The molecule has 0 saturated heterocycles. The molecule has 1 aliphatic carbocycles. The molecule has 0 aromatic rings. The van der Waals surface area contributed by atoms with Crippen LogP contribution in [0.15, 0.2) is 12.2 Å². The Bertz CT molecular complexity index is 184. The quantitative estimate of drug-likeness (QED) is 0.678. The van der Waals surface area contributed by atoms with Gasteiger partial charge in [0.1, 0.15) is 0 Å². The summed E-state index contributed by atoms with van der Waals surface area (Å²) in [6, 6.07) is 1.25. The first-order chi connectivity index (χ1) is 6.63. The Hall–Kier alpha value is -0.300. The molecule has 0 amide bonds. The van der Waals surface area contributed by atoms with Gasteiger partial charge in [-0.05, 0) is 38.0 Å². The number of nitrogens with one attached hydrogen (secondary N) is 1. The summed E-state index contributed by atoms with van der Waals surface area (Å²) in [5.41, 5.74) is 0. The molecular formula is C13H25N. The zero-order valence-electron chi connectivity index (χ0n) is 10.1. The Morgan fingerprint density at radius 1 is 1.21 bits per heavy atom. The van der Waals surface area contributed by atoms with Crippen molar-refractivity contribution in [1.82, 2.24) is 5.32 Å². The van der Waals surface area contributed by atoms with Crippen molar-refractivity contribution in [2.45, 2.75) is 59.0 Å². The summed E-state index contributed by atoms with van der Waals surface area (Å²) in [4.78, 5) is 0. The maximum atomic E-state index is 3.68. The molecule has 0 aromatic heterocycles. The van der Waals surface area contributed by atoms with Gasteiger partial charge in [0.25, 0.3) is 0 Å². The fourth-order valence-corrected chi connectivity index (χ4v) is 1.89. The van der Waals surface area contributed by atoms with Crippen LogP contribution in [0.1, 0.15) is 47.0 Å². The minimum absolute atomic E-state index is 0.621. The lowest BCUT2D eigenvalue weighted by atomic mass is 9.90. The molecule has 1 N–H and O–H groups in total. The standard InChI is InChI=1S/C13H25N/c1-5-12-6-8-13(9-7-12)14-11(4)10(2)3/h6,8,10-14H,5,7,9H2,1-4H3. The molecule has 3 atom stereocenters. The smallest absolute Gasteiger partial charge is 0.0252 e. The highest BCUT2D eigenvalue weighted by Crippen LogP contribution is 2.20. The molecule has 82 valence electrons. The van der Waals surface area contributed by atoms with Crippen LogP contribution in [0.3, 0.4) is 0 Å². The number of hydrogen-bond donors (Lipinski definition) is 1. The third kappa shape index (κ3) is 3.45. The van der Waals surface area contributed by atoms with Crippen LogP contribution in [0.5, 0.6) is 0 Å². The molecule has 1 nitrogen and oxygen atoms in total. The number of allylic oxidation sites excluding steroid dienone is 1. The van der Waals surface area contributed by atoms with Crippen molar-refractivity contribution in [3.05, 3.63) is 12.2 Å². The molecule has 1 heteroatoms. The van der Waals surface area contributed by atoms with Gasteiger partial charge in [-0.15, -0.1) is 0 Å². The van der Waals surface area contributed by atoms with Gasteiger partial charge in [0.05, 0.1) is 0 Å². The van der Waals surface area contributed by atoms with Gasteiger partial charge in [-0.25, -0.2) is 0 Å². The van der Waals surface area contributed by atoms with Crippen LogP contribution >= 0.6 is 0 Å². The van der Waals surface area contributed by atoms with Gasteiger partial charge in [0.15, 0.2) is 0 Å². The van der Waals surface area contributed by atoms with Crippen LogP contribution in [0, 0.1) is 11.8 Å². The monoisotopic (exact) mass is 195 g/mol. The Morgan fingerprint density at radius 2 is 1.93 bits per heavy atom. The van der Waals surface area contributed by atoms with Gasteiger partial charge in [0.2, 0.25) is 0 Å². The van der Waals surface area contributed by atoms with Gasteiger partial charge >= 0.3 is 0 Å². The molecule has 0 aromatic carbocycles. The Balaban J connectivity index is 2.34. The second-order valence-electron chi connectivity index (χ2n) is 4.94. The van der Waals surface area contributed by atoms with Crippen LogP contribution in [0.2, 0.25) is 0 Å². The van der Waals surface area contributed by atoms with Gasteiger partial charge in [0, 0.05) is 12.1 Å². The molecule has 3 unspecified atom stereocenters. The predicted octanol–water partition coefficient (Wildman–Crippen LogP) is 3.37. The minimum Gasteiger partial charge on any atom is -0.308 e. The van der Waals surface area contributed by atoms with E-state index < -0.39 is 0 Å². The second-order valence-corrected chi connectivity index (χ2v) is 4.94. The van der Waals surface area contributed by atoms with Crippen molar-refractivity contribution >= 4 is 0 Å². The van der Waals surface area contributed by atoms with E-state index >= 15 is 0 Å². The molecule has 0 radical (unpaired) electrons. The molecule has 0 fully saturated rings. The minimum atomic E-state index is 0.621. The Labute approximate surface area is 89.0 Å². The van der Waals surface area contributed by atoms with E-state index in [0.29, 0.717) is 12.1 Å². The lowest BCUT2D eigenvalue weighted by Gasteiger charge is -2.27. The molecule has 0 bridgehead atoms. The second kappa shape index (κ2) is 5.55. The van der Waals surface area contributed by atoms with Gasteiger partial charge < -0.3 is 5.32 Å². The summed E-state index contributed by atoms with van der Waals surface area (Å²) >= 11 is 0. The van der Waals surface area contributed by atoms with Crippen molar-refractivity contribution in [2.75, 3.05) is 0 Å². The van der Waals surface area contributed by atoms with Crippen LogP contribution in [0.25, 0.3) is 0 Å². The summed E-state index contributed by atoms with van der Waals surface area (Å²) in [5, 5.41) is 3.68. The Kier molecular flexibility index (Phi) is 4.67. The van der Waals surface area contributed by atoms with Crippen molar-refractivity contribution in [2.24, 2.45) is 11.8 Å². The van der Waals surface area contributed by atoms with Crippen molar-refractivity contribution < 1.29 is 0 Å². The van der Waals surface area contributed by atoms with E-state index in [1.54, 1.807) is 0 Å². The van der Waals surface area contributed by atoms with E-state index in [1.165, 1.54) is 19.3 Å². The first kappa shape index (κ1) is 11.8. The largest absolute Gasteiger partial charge is 0.308 e. The molecule has 0 aliphatic heterocycles. The van der Waals surface area contributed by atoms with Gasteiger partial charge in [-0.1, -0.05) is 32.9 Å². The van der Waals surface area contributed by atoms with Crippen LogP contribution < -0.4 is 5.32 Å². The van der Waals surface area contributed by atoms with E-state index in [9.17, 15) is 0 Å². The average Bonchev–Trinajstić information content (AvgIpc) is 2.19. The lowest BCUT2D eigenvalue weighted by molar-refractivity contribution is 0.364. The van der Waals surface area contributed by atoms with E-state index in [1.807, 2.05) is 0 Å². The van der Waals surface area contributed by atoms with Crippen LogP contribution in [0.4, 0.5) is 0 Å². The third-order valence-corrected chi connectivity index (χ3v) is 3.47. The fraction of sp³-hybridized carbons (Fsp3) is 0.846. The first-order valence-electron chi connectivity index (χ1n) is 6.07. The molecule has 0 heterocycles. The van der Waals surface area contributed by atoms with Crippen molar-refractivity contribution in [1.29, 1.82) is 0 Å². The number of hydrogen-bond acceptors (Lipinski definition) is 1. The molecule has 1 aliphatic rings. The molecule has 1 rings (SSSR count). The average molecular weight is 195 g/mol. The summed E-state index contributed by atoms with van der Waals surface area (Å²) in [5.74, 6) is 1.56. The van der Waals surface area contributed by atoms with Crippen molar-refractivity contribution in [3.8, 4) is 0 Å². The highest BCUT2D eigenvalue weighted by molar-refractivity contribution is 5.02. The Morgan fingerprint density at radius 3 is 2.36 bits per heavy atom. The zero-order chi connectivity index (χ0) is 10.6. The highest BCUT2D eigenvalue weighted by Gasteiger charge is 2.16. The number of rotatable bonds is 4. The maximum absolute atomic E-state index is 3.68.